The molecule has 1 saturated heterocycles. The molecule has 1 aromatic carbocycles. The van der Waals surface area contributed by atoms with Gasteiger partial charge in [-0.3, -0.25) is 14.6 Å². The number of rotatable bonds is 6. The summed E-state index contributed by atoms with van der Waals surface area (Å²) in [4.78, 5) is 35.2. The van der Waals surface area contributed by atoms with E-state index >= 15 is 0 Å². The summed E-state index contributed by atoms with van der Waals surface area (Å²) in [7, 11) is 0. The van der Waals surface area contributed by atoms with Gasteiger partial charge in [0.05, 0.1) is 18.2 Å². The Labute approximate surface area is 167 Å². The zero-order valence-electron chi connectivity index (χ0n) is 15.2. The molecule has 28 heavy (non-hydrogen) atoms. The van der Waals surface area contributed by atoms with Crippen LogP contribution in [0.5, 0.6) is 0 Å². The number of hydrogen-bond acceptors (Lipinski definition) is 5. The largest absolute Gasteiger partial charge is 0.350 e. The Morgan fingerprint density at radius 3 is 2.86 bits per heavy atom. The zero-order valence-corrected chi connectivity index (χ0v) is 16.1. The number of aromatic nitrogens is 2. The third kappa shape index (κ3) is 4.26. The SMILES string of the molecule is O=C(NCc1csc(-c2cccnc2)n1)C1CC(=O)N(Cc2ccccc2)C1. The summed E-state index contributed by atoms with van der Waals surface area (Å²) in [6.07, 6.45) is 3.76. The van der Waals surface area contributed by atoms with E-state index in [4.69, 9.17) is 0 Å². The van der Waals surface area contributed by atoms with E-state index in [0.29, 0.717) is 19.6 Å². The third-order valence-corrected chi connectivity index (χ3v) is 5.65. The Hall–Kier alpha value is -3.06. The number of nitrogens with one attached hydrogen (secondary N) is 1. The fraction of sp³-hybridized carbons (Fsp3) is 0.238. The Balaban J connectivity index is 1.31. The maximum atomic E-state index is 12.5. The van der Waals surface area contributed by atoms with Gasteiger partial charge in [-0.15, -0.1) is 11.3 Å². The van der Waals surface area contributed by atoms with Crippen LogP contribution in [0, 0.1) is 5.92 Å². The van der Waals surface area contributed by atoms with Gasteiger partial charge in [-0.05, 0) is 17.7 Å². The number of amides is 2. The van der Waals surface area contributed by atoms with Gasteiger partial charge in [0.2, 0.25) is 11.8 Å². The molecule has 1 atom stereocenters. The van der Waals surface area contributed by atoms with Gasteiger partial charge in [-0.1, -0.05) is 30.3 Å². The Morgan fingerprint density at radius 1 is 1.21 bits per heavy atom. The molecule has 7 heteroatoms. The van der Waals surface area contributed by atoms with Gasteiger partial charge in [-0.2, -0.15) is 0 Å². The predicted octanol–water partition coefficient (Wildman–Crippen LogP) is 2.87. The number of benzene rings is 1. The normalized spacial score (nSPS) is 16.4. The van der Waals surface area contributed by atoms with Crippen LogP contribution in [0.25, 0.3) is 10.6 Å². The molecule has 142 valence electrons. The van der Waals surface area contributed by atoms with Crippen LogP contribution in [0.15, 0.2) is 60.2 Å². The molecule has 6 nitrogen and oxygen atoms in total. The van der Waals surface area contributed by atoms with Crippen LogP contribution in [-0.2, 0) is 22.7 Å². The molecule has 3 aromatic rings. The van der Waals surface area contributed by atoms with E-state index in [1.165, 1.54) is 11.3 Å². The van der Waals surface area contributed by atoms with E-state index in [2.05, 4.69) is 15.3 Å². The van der Waals surface area contributed by atoms with E-state index in [-0.39, 0.29) is 24.2 Å². The maximum absolute atomic E-state index is 12.5. The van der Waals surface area contributed by atoms with E-state index < -0.39 is 0 Å². The molecule has 0 bridgehead atoms. The van der Waals surface area contributed by atoms with Gasteiger partial charge >= 0.3 is 0 Å². The van der Waals surface area contributed by atoms with Crippen molar-refractivity contribution in [1.82, 2.24) is 20.2 Å². The van der Waals surface area contributed by atoms with Crippen LogP contribution < -0.4 is 5.32 Å². The highest BCUT2D eigenvalue weighted by Crippen LogP contribution is 2.23. The first-order valence-electron chi connectivity index (χ1n) is 9.13. The highest BCUT2D eigenvalue weighted by atomic mass is 32.1. The molecular weight excluding hydrogens is 372 g/mol. The van der Waals surface area contributed by atoms with Crippen LogP contribution in [0.1, 0.15) is 17.7 Å². The highest BCUT2D eigenvalue weighted by Gasteiger charge is 2.34. The number of likely N-dealkylation sites (tertiary alicyclic amines) is 1. The molecule has 1 unspecified atom stereocenters. The summed E-state index contributed by atoms with van der Waals surface area (Å²) in [6, 6.07) is 13.7. The molecule has 3 heterocycles. The second kappa shape index (κ2) is 8.31. The molecular formula is C21H20N4O2S. The summed E-state index contributed by atoms with van der Waals surface area (Å²) >= 11 is 1.52. The molecule has 1 fully saturated rings. The first-order valence-corrected chi connectivity index (χ1v) is 10.0. The van der Waals surface area contributed by atoms with Crippen LogP contribution >= 0.6 is 11.3 Å². The van der Waals surface area contributed by atoms with E-state index in [1.807, 2.05) is 47.8 Å². The molecule has 0 spiro atoms. The van der Waals surface area contributed by atoms with E-state index in [9.17, 15) is 9.59 Å². The smallest absolute Gasteiger partial charge is 0.225 e. The summed E-state index contributed by atoms with van der Waals surface area (Å²) < 4.78 is 0. The standard InChI is InChI=1S/C21H20N4O2S/c26-19-9-17(13-25(19)12-15-5-2-1-3-6-15)20(27)23-11-18-14-28-21(24-18)16-7-4-8-22-10-16/h1-8,10,14,17H,9,11-13H2,(H,23,27). The van der Waals surface area contributed by atoms with Gasteiger partial charge < -0.3 is 10.2 Å². The number of pyridine rings is 1. The van der Waals surface area contributed by atoms with Crippen molar-refractivity contribution >= 4 is 23.2 Å². The fourth-order valence-corrected chi connectivity index (χ4v) is 4.05. The first-order chi connectivity index (χ1) is 13.7. The lowest BCUT2D eigenvalue weighted by atomic mass is 10.1. The lowest BCUT2D eigenvalue weighted by Crippen LogP contribution is -2.32. The van der Waals surface area contributed by atoms with Crippen molar-refractivity contribution in [1.29, 1.82) is 0 Å². The second-order valence-corrected chi connectivity index (χ2v) is 7.62. The highest BCUT2D eigenvalue weighted by molar-refractivity contribution is 7.13. The molecule has 1 aliphatic heterocycles. The van der Waals surface area contributed by atoms with Crippen LogP contribution in [-0.4, -0.2) is 33.2 Å². The second-order valence-electron chi connectivity index (χ2n) is 6.76. The van der Waals surface area contributed by atoms with Crippen molar-refractivity contribution in [3.8, 4) is 10.6 Å². The van der Waals surface area contributed by atoms with Gasteiger partial charge in [-0.25, -0.2) is 4.98 Å². The number of carbonyl (C=O) groups is 2. The molecule has 0 aliphatic carbocycles. The van der Waals surface area contributed by atoms with Crippen molar-refractivity contribution < 1.29 is 9.59 Å². The van der Waals surface area contributed by atoms with Gasteiger partial charge in [0, 0.05) is 42.8 Å². The van der Waals surface area contributed by atoms with Gasteiger partial charge in [0.15, 0.2) is 0 Å². The molecule has 0 saturated carbocycles. The molecule has 4 rings (SSSR count). The van der Waals surface area contributed by atoms with Crippen molar-refractivity contribution in [2.75, 3.05) is 6.54 Å². The monoisotopic (exact) mass is 392 g/mol. The van der Waals surface area contributed by atoms with Gasteiger partial charge in [0.1, 0.15) is 5.01 Å². The maximum Gasteiger partial charge on any atom is 0.225 e. The Morgan fingerprint density at radius 2 is 2.07 bits per heavy atom. The summed E-state index contributed by atoms with van der Waals surface area (Å²) in [6.45, 7) is 1.36. The summed E-state index contributed by atoms with van der Waals surface area (Å²) in [5, 5.41) is 5.73. The Bertz CT molecular complexity index is 959. The minimum absolute atomic E-state index is 0.0246. The van der Waals surface area contributed by atoms with Crippen molar-refractivity contribution in [3.63, 3.8) is 0 Å². The topological polar surface area (TPSA) is 75.2 Å². The molecule has 0 radical (unpaired) electrons. The molecule has 1 N–H and O–H groups in total. The first kappa shape index (κ1) is 18.3. The summed E-state index contributed by atoms with van der Waals surface area (Å²) in [5.74, 6) is -0.385. The number of nitrogens with zero attached hydrogens (tertiary/aromatic N) is 3. The predicted molar refractivity (Wildman–Crippen MR) is 107 cm³/mol. The quantitative estimate of drug-likeness (QED) is 0.700. The van der Waals surface area contributed by atoms with Crippen molar-refractivity contribution in [3.05, 3.63) is 71.5 Å². The lowest BCUT2D eigenvalue weighted by molar-refractivity contribution is -0.129. The van der Waals surface area contributed by atoms with Crippen molar-refractivity contribution in [2.45, 2.75) is 19.5 Å². The molecule has 1 aliphatic rings. The Kier molecular flexibility index (Phi) is 5.43. The van der Waals surface area contributed by atoms with Crippen molar-refractivity contribution in [2.24, 2.45) is 5.92 Å². The third-order valence-electron chi connectivity index (χ3n) is 4.71. The molecule has 2 amide bonds. The van der Waals surface area contributed by atoms with Crippen LogP contribution in [0.4, 0.5) is 0 Å². The van der Waals surface area contributed by atoms with E-state index in [1.54, 1.807) is 17.3 Å². The minimum Gasteiger partial charge on any atom is -0.350 e. The van der Waals surface area contributed by atoms with E-state index in [0.717, 1.165) is 21.8 Å². The van der Waals surface area contributed by atoms with Crippen LogP contribution in [0.3, 0.4) is 0 Å². The number of thiazole rings is 1. The fourth-order valence-electron chi connectivity index (χ4n) is 3.24. The zero-order chi connectivity index (χ0) is 19.3. The van der Waals surface area contributed by atoms with Crippen LogP contribution in [0.2, 0.25) is 0 Å². The average Bonchev–Trinajstić information content (AvgIpc) is 3.35. The number of hydrogen-bond donors (Lipinski definition) is 1. The lowest BCUT2D eigenvalue weighted by Gasteiger charge is -2.16. The van der Waals surface area contributed by atoms with Gasteiger partial charge in [0.25, 0.3) is 0 Å². The average molecular weight is 392 g/mol. The molecule has 2 aromatic heterocycles. The minimum atomic E-state index is -0.312. The number of carbonyl (C=O) groups excluding carboxylic acids is 2. The summed E-state index contributed by atoms with van der Waals surface area (Å²) in [5.41, 5.74) is 2.84.